The summed E-state index contributed by atoms with van der Waals surface area (Å²) in [6.45, 7) is 1.72. The van der Waals surface area contributed by atoms with E-state index in [0.29, 0.717) is 11.3 Å². The number of imide groups is 2. The number of hydrogen-bond acceptors (Lipinski definition) is 7. The first-order valence-electron chi connectivity index (χ1n) is 15.0. The quantitative estimate of drug-likeness (QED) is 0.186. The highest BCUT2D eigenvalue weighted by Gasteiger charge is 2.67. The van der Waals surface area contributed by atoms with Crippen LogP contribution in [0.5, 0.6) is 17.2 Å². The Hall–Kier alpha value is -3.97. The van der Waals surface area contributed by atoms with Gasteiger partial charge in [0.15, 0.2) is 11.5 Å². The molecule has 2 saturated heterocycles. The molecule has 2 aliphatic heterocycles. The summed E-state index contributed by atoms with van der Waals surface area (Å²) in [5.41, 5.74) is 0.526. The molecule has 12 heteroatoms. The van der Waals surface area contributed by atoms with Crippen molar-refractivity contribution in [2.45, 2.75) is 25.7 Å². The van der Waals surface area contributed by atoms with E-state index in [0.717, 1.165) is 20.1 Å². The molecule has 1 N–H and O–H groups in total. The Morgan fingerprint density at radius 2 is 1.53 bits per heavy atom. The molecule has 4 amide bonds. The van der Waals surface area contributed by atoms with E-state index in [4.69, 9.17) is 21.1 Å². The Labute approximate surface area is 288 Å². The first-order chi connectivity index (χ1) is 22.4. The third-order valence-electron chi connectivity index (χ3n) is 10.4. The third kappa shape index (κ3) is 4.52. The number of carbonyl (C=O) groups excluding carboxylic acids is 4. The zero-order valence-corrected chi connectivity index (χ0v) is 28.4. The number of hydrogen-bond donors (Lipinski definition) is 1. The van der Waals surface area contributed by atoms with Gasteiger partial charge in [-0.3, -0.25) is 24.1 Å². The van der Waals surface area contributed by atoms with Gasteiger partial charge < -0.3 is 14.6 Å². The lowest BCUT2D eigenvalue weighted by Gasteiger charge is -2.49. The number of phenolic OH excluding ortho intramolecular Hbond substituents is 1. The molecule has 6 atom stereocenters. The summed E-state index contributed by atoms with van der Waals surface area (Å²) >= 11 is 8.24. The molecule has 0 radical (unpaired) electrons. The van der Waals surface area contributed by atoms with Crippen LogP contribution in [0.2, 0.25) is 5.02 Å². The summed E-state index contributed by atoms with van der Waals surface area (Å²) < 4.78 is 26.0. The summed E-state index contributed by atoms with van der Waals surface area (Å²) in [7, 11) is 2.78. The molecule has 7 rings (SSSR count). The number of rotatable bonds is 5. The van der Waals surface area contributed by atoms with E-state index >= 15 is 0 Å². The Balaban J connectivity index is 1.40. The minimum atomic E-state index is -1.37. The third-order valence-corrected chi connectivity index (χ3v) is 11.4. The van der Waals surface area contributed by atoms with Crippen LogP contribution in [-0.2, 0) is 19.2 Å². The first kappa shape index (κ1) is 31.6. The average Bonchev–Trinajstić information content (AvgIpc) is 3.42. The number of fused-ring (bicyclic) bond motifs is 4. The van der Waals surface area contributed by atoms with Crippen LogP contribution in [-0.4, -0.2) is 43.0 Å². The van der Waals surface area contributed by atoms with E-state index in [9.17, 15) is 28.7 Å². The van der Waals surface area contributed by atoms with Gasteiger partial charge in [0.1, 0.15) is 5.82 Å². The molecule has 47 heavy (non-hydrogen) atoms. The molecular weight excluding hydrogens is 742 g/mol. The number of amides is 4. The summed E-state index contributed by atoms with van der Waals surface area (Å²) in [5.74, 6) is -6.01. The van der Waals surface area contributed by atoms with Crippen molar-refractivity contribution in [1.82, 2.24) is 0 Å². The average molecular weight is 771 g/mol. The number of ether oxygens (including phenoxy) is 2. The van der Waals surface area contributed by atoms with Crippen molar-refractivity contribution < 1.29 is 38.1 Å². The molecule has 0 bridgehead atoms. The molecule has 6 unspecified atom stereocenters. The smallest absolute Gasteiger partial charge is 0.241 e. The minimum Gasteiger partial charge on any atom is -0.502 e. The molecule has 9 nitrogen and oxygen atoms in total. The fraction of sp³-hybridized carbons (Fsp3) is 0.314. The van der Waals surface area contributed by atoms with Gasteiger partial charge in [-0.15, -0.1) is 0 Å². The number of benzene rings is 3. The zero-order valence-electron chi connectivity index (χ0n) is 25.5. The van der Waals surface area contributed by atoms with E-state index < -0.39 is 52.6 Å². The fourth-order valence-corrected chi connectivity index (χ4v) is 8.73. The van der Waals surface area contributed by atoms with E-state index in [1.54, 1.807) is 31.2 Å². The van der Waals surface area contributed by atoms with E-state index in [-0.39, 0.29) is 52.6 Å². The minimum absolute atomic E-state index is 0.104. The highest BCUT2D eigenvalue weighted by atomic mass is 127. The van der Waals surface area contributed by atoms with Crippen molar-refractivity contribution in [3.63, 3.8) is 0 Å². The second-order valence-electron chi connectivity index (χ2n) is 12.5. The molecule has 3 fully saturated rings. The summed E-state index contributed by atoms with van der Waals surface area (Å²) in [5, 5.41) is 10.5. The maximum Gasteiger partial charge on any atom is 0.241 e. The molecule has 3 aromatic carbocycles. The number of methoxy groups -OCH3 is 2. The Morgan fingerprint density at radius 3 is 2.15 bits per heavy atom. The van der Waals surface area contributed by atoms with Gasteiger partial charge in [-0.1, -0.05) is 23.3 Å². The molecule has 0 aromatic heterocycles. The second kappa shape index (κ2) is 11.3. The van der Waals surface area contributed by atoms with Crippen molar-refractivity contribution in [2.75, 3.05) is 24.0 Å². The Kier molecular flexibility index (Phi) is 7.62. The lowest BCUT2D eigenvalue weighted by Crippen LogP contribution is -2.48. The van der Waals surface area contributed by atoms with Crippen molar-refractivity contribution in [2.24, 2.45) is 29.1 Å². The zero-order chi connectivity index (χ0) is 33.5. The second-order valence-corrected chi connectivity index (χ2v) is 14.2. The predicted octanol–water partition coefficient (Wildman–Crippen LogP) is 6.24. The topological polar surface area (TPSA) is 113 Å². The number of phenols is 1. The highest BCUT2D eigenvalue weighted by molar-refractivity contribution is 14.1. The van der Waals surface area contributed by atoms with Crippen LogP contribution in [0.25, 0.3) is 0 Å². The van der Waals surface area contributed by atoms with Crippen LogP contribution >= 0.6 is 34.2 Å². The van der Waals surface area contributed by atoms with Gasteiger partial charge in [-0.2, -0.15) is 0 Å². The summed E-state index contributed by atoms with van der Waals surface area (Å²) in [6, 6.07) is 14.0. The lowest BCUT2D eigenvalue weighted by molar-refractivity contribution is -0.131. The SMILES string of the molecule is COc1cc(C2C3=CCC4C(=O)N(c5ccc(I)cc5)C(=O)C4C3CC3C(=O)N(c4ccc(F)c(Cl)c4)C(=O)C32C)cc(OC)c1O. The normalized spacial score (nSPS) is 28.2. The number of anilines is 2. The first-order valence-corrected chi connectivity index (χ1v) is 16.5. The van der Waals surface area contributed by atoms with E-state index in [2.05, 4.69) is 22.6 Å². The number of allylic oxidation sites excluding steroid dienone is 2. The molecule has 0 spiro atoms. The highest BCUT2D eigenvalue weighted by Crippen LogP contribution is 2.64. The standard InChI is InChI=1S/C35H29ClFIN2O7/c1-35-23(32(43)40(34(35)45)19-8-11-25(37)24(36)14-19)15-22-20(29(35)16-12-26(46-2)30(41)27(13-16)47-3)9-10-21-28(22)33(44)39(31(21)42)18-6-4-17(38)5-7-18/h4-9,11-14,21-23,28-29,41H,10,15H2,1-3H3. The molecule has 242 valence electrons. The molecule has 3 aromatic rings. The van der Waals surface area contributed by atoms with Crippen molar-refractivity contribution in [3.8, 4) is 17.2 Å². The van der Waals surface area contributed by atoms with Crippen molar-refractivity contribution in [1.29, 1.82) is 0 Å². The van der Waals surface area contributed by atoms with Crippen LogP contribution in [0.3, 0.4) is 0 Å². The van der Waals surface area contributed by atoms with E-state index in [1.165, 1.54) is 31.3 Å². The molecule has 2 heterocycles. The summed E-state index contributed by atoms with van der Waals surface area (Å²) in [6.07, 6.45) is 2.34. The predicted molar refractivity (Wildman–Crippen MR) is 179 cm³/mol. The Bertz CT molecular complexity index is 1890. The van der Waals surface area contributed by atoms with Gasteiger partial charge in [0.05, 0.1) is 53.8 Å². The fourth-order valence-electron chi connectivity index (χ4n) is 8.19. The maximum atomic E-state index is 14.6. The van der Waals surface area contributed by atoms with Gasteiger partial charge >= 0.3 is 0 Å². The van der Waals surface area contributed by atoms with Gasteiger partial charge in [0.2, 0.25) is 29.4 Å². The van der Waals surface area contributed by atoms with Crippen LogP contribution in [0.15, 0.2) is 66.2 Å². The van der Waals surface area contributed by atoms with Crippen LogP contribution in [0.1, 0.15) is 31.2 Å². The van der Waals surface area contributed by atoms with Crippen LogP contribution < -0.4 is 19.3 Å². The largest absolute Gasteiger partial charge is 0.502 e. The van der Waals surface area contributed by atoms with Gasteiger partial charge in [0, 0.05) is 9.49 Å². The van der Waals surface area contributed by atoms with Gasteiger partial charge in [0.25, 0.3) is 0 Å². The number of aromatic hydroxyl groups is 1. The number of carbonyl (C=O) groups is 4. The van der Waals surface area contributed by atoms with Gasteiger partial charge in [-0.25, -0.2) is 9.29 Å². The molecule has 4 aliphatic rings. The van der Waals surface area contributed by atoms with Gasteiger partial charge in [-0.05, 0) is 108 Å². The van der Waals surface area contributed by atoms with Crippen LogP contribution in [0.4, 0.5) is 15.8 Å². The summed E-state index contributed by atoms with van der Waals surface area (Å²) in [4.78, 5) is 59.3. The number of halogens is 3. The molecular formula is C35H29ClFIN2O7. The number of nitrogens with zero attached hydrogens (tertiary/aromatic N) is 2. The molecule has 1 saturated carbocycles. The van der Waals surface area contributed by atoms with Crippen molar-refractivity contribution >= 4 is 69.2 Å². The monoisotopic (exact) mass is 770 g/mol. The van der Waals surface area contributed by atoms with E-state index in [1.807, 2.05) is 18.2 Å². The lowest BCUT2D eigenvalue weighted by atomic mass is 9.51. The maximum absolute atomic E-state index is 14.6. The molecule has 2 aliphatic carbocycles. The Morgan fingerprint density at radius 1 is 0.894 bits per heavy atom. The van der Waals surface area contributed by atoms with Crippen molar-refractivity contribution in [3.05, 3.63) is 86.2 Å². The van der Waals surface area contributed by atoms with Crippen LogP contribution in [0, 0.1) is 38.5 Å².